The summed E-state index contributed by atoms with van der Waals surface area (Å²) in [6.07, 6.45) is 0.801. The first-order valence-electron chi connectivity index (χ1n) is 4.94. The normalized spacial score (nSPS) is 15.0. The molecule has 3 heteroatoms. The van der Waals surface area contributed by atoms with E-state index in [9.17, 15) is 5.11 Å². The minimum absolute atomic E-state index is 0.174. The van der Waals surface area contributed by atoms with E-state index < -0.39 is 0 Å². The summed E-state index contributed by atoms with van der Waals surface area (Å²) in [5.41, 5.74) is -0.174. The number of rotatable bonds is 6. The van der Waals surface area contributed by atoms with Crippen molar-refractivity contribution in [2.24, 2.45) is 0 Å². The van der Waals surface area contributed by atoms with E-state index in [4.69, 9.17) is 0 Å². The molecule has 0 aromatic rings. The Labute approximate surface area is 82.1 Å². The largest absolute Gasteiger partial charge is 0.392 e. The molecule has 0 aliphatic carbocycles. The van der Waals surface area contributed by atoms with Crippen LogP contribution in [0.15, 0.2) is 0 Å². The average molecular weight is 188 g/mol. The van der Waals surface area contributed by atoms with Crippen molar-refractivity contribution in [2.45, 2.75) is 38.8 Å². The van der Waals surface area contributed by atoms with Gasteiger partial charge in [0.2, 0.25) is 0 Å². The van der Waals surface area contributed by atoms with E-state index in [1.807, 2.05) is 20.8 Å². The van der Waals surface area contributed by atoms with Gasteiger partial charge in [0, 0.05) is 5.54 Å². The summed E-state index contributed by atoms with van der Waals surface area (Å²) in [5.74, 6) is 0. The molecule has 0 aromatic heterocycles. The van der Waals surface area contributed by atoms with Gasteiger partial charge >= 0.3 is 0 Å². The second kappa shape index (κ2) is 5.58. The van der Waals surface area contributed by atoms with Gasteiger partial charge in [-0.25, -0.2) is 0 Å². The molecular formula is C10H24N2O. The average Bonchev–Trinajstić information content (AvgIpc) is 1.97. The first kappa shape index (κ1) is 12.9. The van der Waals surface area contributed by atoms with E-state index >= 15 is 0 Å². The molecule has 0 heterocycles. The summed E-state index contributed by atoms with van der Waals surface area (Å²) in [5, 5.41) is 12.8. The third-order valence-corrected chi connectivity index (χ3v) is 2.41. The highest BCUT2D eigenvalue weighted by atomic mass is 16.3. The molecule has 1 unspecified atom stereocenters. The lowest BCUT2D eigenvalue weighted by molar-refractivity contribution is 0.0963. The van der Waals surface area contributed by atoms with Crippen LogP contribution >= 0.6 is 0 Å². The van der Waals surface area contributed by atoms with Crippen molar-refractivity contribution in [1.29, 1.82) is 0 Å². The molecule has 0 radical (unpaired) electrons. The Bertz CT molecular complexity index is 133. The van der Waals surface area contributed by atoms with Crippen LogP contribution in [0.1, 0.15) is 27.2 Å². The van der Waals surface area contributed by atoms with Crippen LogP contribution in [0, 0.1) is 0 Å². The number of aliphatic hydroxyl groups is 1. The predicted molar refractivity (Wildman–Crippen MR) is 56.9 cm³/mol. The minimum Gasteiger partial charge on any atom is -0.392 e. The first-order chi connectivity index (χ1) is 5.86. The van der Waals surface area contributed by atoms with Gasteiger partial charge in [-0.3, -0.25) is 0 Å². The quantitative estimate of drug-likeness (QED) is 0.602. The molecule has 0 saturated heterocycles. The van der Waals surface area contributed by atoms with Crippen LogP contribution in [0.25, 0.3) is 0 Å². The maximum atomic E-state index is 9.42. The number of aliphatic hydroxyl groups excluding tert-OH is 1. The fourth-order valence-corrected chi connectivity index (χ4v) is 0.954. The maximum absolute atomic E-state index is 9.42. The fourth-order valence-electron chi connectivity index (χ4n) is 0.954. The highest BCUT2D eigenvalue weighted by Crippen LogP contribution is 2.07. The summed E-state index contributed by atoms with van der Waals surface area (Å²) in [6.45, 7) is 7.90. The second-order valence-electron chi connectivity index (χ2n) is 4.48. The molecular weight excluding hydrogens is 164 g/mol. The minimum atomic E-state index is -0.313. The van der Waals surface area contributed by atoms with E-state index in [2.05, 4.69) is 24.3 Å². The van der Waals surface area contributed by atoms with Gasteiger partial charge in [-0.1, -0.05) is 0 Å². The number of nitrogens with zero attached hydrogens (tertiary/aromatic N) is 1. The number of hydrogen-bond donors (Lipinski definition) is 2. The van der Waals surface area contributed by atoms with Crippen molar-refractivity contribution >= 4 is 0 Å². The van der Waals surface area contributed by atoms with Gasteiger partial charge in [0.15, 0.2) is 0 Å². The maximum Gasteiger partial charge on any atom is 0.0688 e. The molecule has 0 aliphatic heterocycles. The fraction of sp³-hybridized carbons (Fsp3) is 1.00. The molecule has 0 amide bonds. The van der Waals surface area contributed by atoms with E-state index in [0.29, 0.717) is 0 Å². The lowest BCUT2D eigenvalue weighted by Gasteiger charge is -2.29. The summed E-state index contributed by atoms with van der Waals surface area (Å²) < 4.78 is 0. The number of hydrogen-bond acceptors (Lipinski definition) is 3. The molecule has 3 nitrogen and oxygen atoms in total. The van der Waals surface area contributed by atoms with Crippen LogP contribution in [0.5, 0.6) is 0 Å². The molecule has 2 N–H and O–H groups in total. The van der Waals surface area contributed by atoms with Crippen LogP contribution in [-0.4, -0.2) is 48.8 Å². The van der Waals surface area contributed by atoms with Crippen molar-refractivity contribution in [3.8, 4) is 0 Å². The van der Waals surface area contributed by atoms with Gasteiger partial charge in [0.25, 0.3) is 0 Å². The molecule has 0 fully saturated rings. The van der Waals surface area contributed by atoms with Crippen molar-refractivity contribution in [1.82, 2.24) is 10.2 Å². The monoisotopic (exact) mass is 188 g/mol. The van der Waals surface area contributed by atoms with Crippen LogP contribution in [-0.2, 0) is 0 Å². The van der Waals surface area contributed by atoms with Crippen LogP contribution < -0.4 is 5.32 Å². The predicted octanol–water partition coefficient (Wildman–Crippen LogP) is 0.687. The summed E-state index contributed by atoms with van der Waals surface area (Å²) in [6, 6.07) is 0. The van der Waals surface area contributed by atoms with Crippen LogP contribution in [0.4, 0.5) is 0 Å². The molecule has 13 heavy (non-hydrogen) atoms. The molecule has 0 rings (SSSR count). The lowest BCUT2D eigenvalue weighted by Crippen LogP contribution is -2.48. The molecule has 80 valence electrons. The van der Waals surface area contributed by atoms with Crippen molar-refractivity contribution < 1.29 is 5.11 Å². The molecule has 0 spiro atoms. The van der Waals surface area contributed by atoms with Gasteiger partial charge in [-0.2, -0.15) is 0 Å². The third kappa shape index (κ3) is 6.02. The van der Waals surface area contributed by atoms with E-state index in [1.54, 1.807) is 0 Å². The zero-order valence-corrected chi connectivity index (χ0v) is 9.59. The first-order valence-corrected chi connectivity index (χ1v) is 4.94. The third-order valence-electron chi connectivity index (χ3n) is 2.41. The summed E-state index contributed by atoms with van der Waals surface area (Å²) >= 11 is 0. The topological polar surface area (TPSA) is 35.5 Å². The van der Waals surface area contributed by atoms with Crippen molar-refractivity contribution in [3.05, 3.63) is 0 Å². The zero-order valence-electron chi connectivity index (χ0n) is 9.59. The SMILES string of the molecule is CC(O)C(C)(C)NCCCN(C)C. The summed E-state index contributed by atoms with van der Waals surface area (Å²) in [4.78, 5) is 2.16. The highest BCUT2D eigenvalue weighted by molar-refractivity contribution is 4.82. The van der Waals surface area contributed by atoms with Crippen molar-refractivity contribution in [2.75, 3.05) is 27.2 Å². The molecule has 1 atom stereocenters. The van der Waals surface area contributed by atoms with E-state index in [-0.39, 0.29) is 11.6 Å². The van der Waals surface area contributed by atoms with Gasteiger partial charge in [-0.05, 0) is 54.4 Å². The van der Waals surface area contributed by atoms with Gasteiger partial charge in [0.05, 0.1) is 6.10 Å². The molecule has 0 bridgehead atoms. The van der Waals surface area contributed by atoms with Gasteiger partial charge in [0.1, 0.15) is 0 Å². The molecule has 0 aliphatic rings. The van der Waals surface area contributed by atoms with E-state index in [1.165, 1.54) is 0 Å². The molecule has 0 saturated carbocycles. The van der Waals surface area contributed by atoms with Crippen LogP contribution in [0.3, 0.4) is 0 Å². The van der Waals surface area contributed by atoms with Gasteiger partial charge in [-0.15, -0.1) is 0 Å². The number of nitrogens with one attached hydrogen (secondary N) is 1. The highest BCUT2D eigenvalue weighted by Gasteiger charge is 2.22. The Morgan fingerprint density at radius 1 is 1.38 bits per heavy atom. The lowest BCUT2D eigenvalue weighted by atomic mass is 9.99. The Morgan fingerprint density at radius 2 is 1.92 bits per heavy atom. The van der Waals surface area contributed by atoms with Gasteiger partial charge < -0.3 is 15.3 Å². The van der Waals surface area contributed by atoms with Crippen LogP contribution in [0.2, 0.25) is 0 Å². The Balaban J connectivity index is 3.52. The standard InChI is InChI=1S/C10H24N2O/c1-9(13)10(2,3)11-7-6-8-12(4)5/h9,11,13H,6-8H2,1-5H3. The summed E-state index contributed by atoms with van der Waals surface area (Å²) in [7, 11) is 4.14. The van der Waals surface area contributed by atoms with Crippen molar-refractivity contribution in [3.63, 3.8) is 0 Å². The second-order valence-corrected chi connectivity index (χ2v) is 4.48. The zero-order chi connectivity index (χ0) is 10.5. The Kier molecular flexibility index (Phi) is 5.53. The Hall–Kier alpha value is -0.120. The van der Waals surface area contributed by atoms with E-state index in [0.717, 1.165) is 19.5 Å². The Morgan fingerprint density at radius 3 is 2.31 bits per heavy atom. The molecule has 0 aromatic carbocycles. The smallest absolute Gasteiger partial charge is 0.0688 e.